The number of benzene rings is 1. The Labute approximate surface area is 113 Å². The van der Waals surface area contributed by atoms with Gasteiger partial charge in [-0.05, 0) is 40.0 Å². The van der Waals surface area contributed by atoms with E-state index in [2.05, 4.69) is 15.9 Å². The van der Waals surface area contributed by atoms with Crippen molar-refractivity contribution in [3.8, 4) is 5.75 Å². The maximum Gasteiger partial charge on any atom is 0.133 e. The van der Waals surface area contributed by atoms with Crippen LogP contribution in [0.2, 0.25) is 0 Å². The van der Waals surface area contributed by atoms with E-state index in [1.807, 2.05) is 25.1 Å². The summed E-state index contributed by atoms with van der Waals surface area (Å²) < 4.78 is 17.9. The average molecular weight is 320 g/mol. The zero-order valence-corrected chi connectivity index (χ0v) is 12.5. The summed E-state index contributed by atoms with van der Waals surface area (Å²) in [6.45, 7) is 2.01. The van der Waals surface area contributed by atoms with Crippen LogP contribution < -0.4 is 10.5 Å². The van der Waals surface area contributed by atoms with Crippen molar-refractivity contribution in [3.05, 3.63) is 28.2 Å². The van der Waals surface area contributed by atoms with E-state index in [-0.39, 0.29) is 6.04 Å². The molecule has 5 heteroatoms. The summed E-state index contributed by atoms with van der Waals surface area (Å²) in [5, 5.41) is 0. The predicted molar refractivity (Wildman–Crippen MR) is 75.7 cm³/mol. The summed E-state index contributed by atoms with van der Waals surface area (Å²) in [4.78, 5) is 0. The van der Waals surface area contributed by atoms with Crippen molar-refractivity contribution in [2.24, 2.45) is 5.73 Å². The summed E-state index contributed by atoms with van der Waals surface area (Å²) in [6.07, 6.45) is 0.859. The molecule has 0 radical (unpaired) electrons. The SMILES string of the molecule is CCC(N)CS(=O)Cc1ccc(OC)c(Br)c1. The second kappa shape index (κ2) is 7.13. The lowest BCUT2D eigenvalue weighted by Gasteiger charge is -2.09. The van der Waals surface area contributed by atoms with Crippen molar-refractivity contribution in [1.82, 2.24) is 0 Å². The maximum atomic E-state index is 11.8. The molecule has 0 aliphatic carbocycles. The van der Waals surface area contributed by atoms with Crippen molar-refractivity contribution in [2.45, 2.75) is 25.1 Å². The Hall–Kier alpha value is -0.390. The molecule has 0 aliphatic rings. The quantitative estimate of drug-likeness (QED) is 0.876. The first-order chi connectivity index (χ1) is 8.06. The van der Waals surface area contributed by atoms with Gasteiger partial charge in [-0.3, -0.25) is 4.21 Å². The molecule has 0 fully saturated rings. The minimum Gasteiger partial charge on any atom is -0.496 e. The minimum absolute atomic E-state index is 0.0255. The number of halogens is 1. The lowest BCUT2D eigenvalue weighted by Crippen LogP contribution is -2.26. The summed E-state index contributed by atoms with van der Waals surface area (Å²) in [5.74, 6) is 1.88. The first-order valence-electron chi connectivity index (χ1n) is 5.49. The summed E-state index contributed by atoms with van der Waals surface area (Å²) in [5.41, 5.74) is 6.81. The second-order valence-electron chi connectivity index (χ2n) is 3.89. The Kier molecular flexibility index (Phi) is 6.16. The smallest absolute Gasteiger partial charge is 0.133 e. The van der Waals surface area contributed by atoms with E-state index in [1.165, 1.54) is 0 Å². The second-order valence-corrected chi connectivity index (χ2v) is 6.24. The fourth-order valence-corrected chi connectivity index (χ4v) is 3.37. The van der Waals surface area contributed by atoms with E-state index < -0.39 is 10.8 Å². The third-order valence-electron chi connectivity index (χ3n) is 2.47. The third kappa shape index (κ3) is 4.77. The monoisotopic (exact) mass is 319 g/mol. The number of hydrogen-bond donors (Lipinski definition) is 1. The molecular weight excluding hydrogens is 302 g/mol. The van der Waals surface area contributed by atoms with Crippen LogP contribution in [-0.4, -0.2) is 23.1 Å². The third-order valence-corrected chi connectivity index (χ3v) is 4.54. The largest absolute Gasteiger partial charge is 0.496 e. The highest BCUT2D eigenvalue weighted by Crippen LogP contribution is 2.26. The van der Waals surface area contributed by atoms with Crippen molar-refractivity contribution in [3.63, 3.8) is 0 Å². The van der Waals surface area contributed by atoms with Crippen LogP contribution in [0.5, 0.6) is 5.75 Å². The van der Waals surface area contributed by atoms with Crippen LogP contribution in [0.3, 0.4) is 0 Å². The molecule has 0 aromatic heterocycles. The average Bonchev–Trinajstić information content (AvgIpc) is 2.29. The number of hydrogen-bond acceptors (Lipinski definition) is 3. The molecule has 1 aromatic carbocycles. The van der Waals surface area contributed by atoms with E-state index in [4.69, 9.17) is 10.5 Å². The highest BCUT2D eigenvalue weighted by Gasteiger charge is 2.08. The topological polar surface area (TPSA) is 52.3 Å². The molecule has 0 amide bonds. The molecular formula is C12H18BrNO2S. The number of methoxy groups -OCH3 is 1. The molecule has 0 saturated heterocycles. The Balaban J connectivity index is 2.63. The van der Waals surface area contributed by atoms with Crippen molar-refractivity contribution >= 4 is 26.7 Å². The molecule has 0 aliphatic heterocycles. The summed E-state index contributed by atoms with van der Waals surface area (Å²) in [7, 11) is 0.719. The molecule has 0 saturated carbocycles. The van der Waals surface area contributed by atoms with Crippen molar-refractivity contribution in [2.75, 3.05) is 12.9 Å². The van der Waals surface area contributed by atoms with Gasteiger partial charge in [-0.1, -0.05) is 13.0 Å². The number of nitrogens with two attached hydrogens (primary N) is 1. The molecule has 17 heavy (non-hydrogen) atoms. The van der Waals surface area contributed by atoms with Gasteiger partial charge in [-0.15, -0.1) is 0 Å². The fraction of sp³-hybridized carbons (Fsp3) is 0.500. The van der Waals surface area contributed by atoms with Crippen LogP contribution in [0.25, 0.3) is 0 Å². The molecule has 3 nitrogen and oxygen atoms in total. The van der Waals surface area contributed by atoms with Crippen molar-refractivity contribution in [1.29, 1.82) is 0 Å². The summed E-state index contributed by atoms with van der Waals surface area (Å²) >= 11 is 3.41. The number of ether oxygens (including phenoxy) is 1. The van der Waals surface area contributed by atoms with Gasteiger partial charge in [0.05, 0.1) is 11.6 Å². The first kappa shape index (κ1) is 14.7. The van der Waals surface area contributed by atoms with Crippen molar-refractivity contribution < 1.29 is 8.95 Å². The Morgan fingerprint density at radius 3 is 2.76 bits per heavy atom. The van der Waals surface area contributed by atoms with E-state index in [1.54, 1.807) is 7.11 Å². The fourth-order valence-electron chi connectivity index (χ4n) is 1.40. The van der Waals surface area contributed by atoms with Gasteiger partial charge in [0.2, 0.25) is 0 Å². The first-order valence-corrected chi connectivity index (χ1v) is 7.77. The van der Waals surface area contributed by atoms with E-state index in [0.29, 0.717) is 11.5 Å². The Bertz CT molecular complexity index is 398. The zero-order valence-electron chi connectivity index (χ0n) is 10.1. The highest BCUT2D eigenvalue weighted by molar-refractivity contribution is 9.10. The van der Waals surface area contributed by atoms with Gasteiger partial charge in [-0.25, -0.2) is 0 Å². The summed E-state index contributed by atoms with van der Waals surface area (Å²) in [6, 6.07) is 5.77. The zero-order chi connectivity index (χ0) is 12.8. The Morgan fingerprint density at radius 1 is 1.53 bits per heavy atom. The van der Waals surface area contributed by atoms with Crippen LogP contribution >= 0.6 is 15.9 Å². The van der Waals surface area contributed by atoms with Gasteiger partial charge < -0.3 is 10.5 Å². The lowest BCUT2D eigenvalue weighted by molar-refractivity contribution is 0.412. The molecule has 0 bridgehead atoms. The lowest BCUT2D eigenvalue weighted by atomic mass is 10.2. The molecule has 2 atom stereocenters. The van der Waals surface area contributed by atoms with E-state index in [0.717, 1.165) is 22.2 Å². The van der Waals surface area contributed by atoms with Gasteiger partial charge >= 0.3 is 0 Å². The molecule has 1 rings (SSSR count). The minimum atomic E-state index is -0.904. The van der Waals surface area contributed by atoms with E-state index in [9.17, 15) is 4.21 Å². The highest BCUT2D eigenvalue weighted by atomic mass is 79.9. The number of rotatable bonds is 6. The van der Waals surface area contributed by atoms with Crippen LogP contribution in [-0.2, 0) is 16.6 Å². The normalized spacial score (nSPS) is 14.4. The van der Waals surface area contributed by atoms with Crippen LogP contribution in [0, 0.1) is 0 Å². The molecule has 2 unspecified atom stereocenters. The maximum absolute atomic E-state index is 11.8. The standard InChI is InChI=1S/C12H18BrNO2S/c1-3-10(14)8-17(15)7-9-4-5-12(16-2)11(13)6-9/h4-6,10H,3,7-8,14H2,1-2H3. The van der Waals surface area contributed by atoms with Gasteiger partial charge in [0, 0.05) is 28.3 Å². The van der Waals surface area contributed by atoms with Crippen LogP contribution in [0.15, 0.2) is 22.7 Å². The molecule has 0 heterocycles. The Morgan fingerprint density at radius 2 is 2.24 bits per heavy atom. The van der Waals surface area contributed by atoms with Gasteiger partial charge in [0.25, 0.3) is 0 Å². The van der Waals surface area contributed by atoms with Crippen LogP contribution in [0.4, 0.5) is 0 Å². The van der Waals surface area contributed by atoms with E-state index >= 15 is 0 Å². The van der Waals surface area contributed by atoms with Gasteiger partial charge in [-0.2, -0.15) is 0 Å². The molecule has 0 spiro atoms. The molecule has 2 N–H and O–H groups in total. The molecule has 1 aromatic rings. The van der Waals surface area contributed by atoms with Gasteiger partial charge in [0.15, 0.2) is 0 Å². The predicted octanol–water partition coefficient (Wildman–Crippen LogP) is 2.44. The van der Waals surface area contributed by atoms with Gasteiger partial charge in [0.1, 0.15) is 5.75 Å². The molecule has 96 valence electrons. The van der Waals surface area contributed by atoms with Crippen LogP contribution in [0.1, 0.15) is 18.9 Å².